The number of hydrogen-bond acceptors (Lipinski definition) is 5. The van der Waals surface area contributed by atoms with Gasteiger partial charge >= 0.3 is 0 Å². The van der Waals surface area contributed by atoms with Gasteiger partial charge in [-0.05, 0) is 49.7 Å². The summed E-state index contributed by atoms with van der Waals surface area (Å²) in [7, 11) is 0.488. The number of carbonyl (C=O) groups excluding carboxylic acids is 1. The van der Waals surface area contributed by atoms with Gasteiger partial charge in [0.15, 0.2) is 0 Å². The van der Waals surface area contributed by atoms with Crippen molar-refractivity contribution >= 4 is 21.6 Å². The van der Waals surface area contributed by atoms with Gasteiger partial charge in [-0.2, -0.15) is 0 Å². The number of para-hydroxylation sites is 1. The highest BCUT2D eigenvalue weighted by atomic mass is 32.2. The van der Waals surface area contributed by atoms with E-state index in [9.17, 15) is 13.2 Å². The van der Waals surface area contributed by atoms with Crippen LogP contribution < -0.4 is 9.62 Å². The van der Waals surface area contributed by atoms with Crippen molar-refractivity contribution in [1.82, 2.24) is 9.62 Å². The zero-order valence-electron chi connectivity index (χ0n) is 17.6. The molecule has 29 heavy (non-hydrogen) atoms. The van der Waals surface area contributed by atoms with Gasteiger partial charge in [0.1, 0.15) is 0 Å². The van der Waals surface area contributed by atoms with Crippen molar-refractivity contribution in [2.75, 3.05) is 44.9 Å². The Morgan fingerprint density at radius 1 is 1.07 bits per heavy atom. The fraction of sp³-hybridized carbons (Fsp3) is 0.667. The van der Waals surface area contributed by atoms with E-state index >= 15 is 0 Å². The van der Waals surface area contributed by atoms with E-state index in [1.807, 2.05) is 18.0 Å². The smallest absolute Gasteiger partial charge is 0.241 e. The van der Waals surface area contributed by atoms with Gasteiger partial charge in [-0.15, -0.1) is 0 Å². The first-order valence-corrected chi connectivity index (χ1v) is 12.3. The molecular formula is C21H33N3O4S. The van der Waals surface area contributed by atoms with Crippen LogP contribution in [0.25, 0.3) is 0 Å². The topological polar surface area (TPSA) is 79.0 Å². The molecule has 0 spiro atoms. The van der Waals surface area contributed by atoms with Crippen LogP contribution >= 0.6 is 0 Å². The number of rotatable bonds is 3. The molecule has 1 aromatic rings. The Kier molecular flexibility index (Phi) is 7.19. The van der Waals surface area contributed by atoms with Crippen molar-refractivity contribution < 1.29 is 17.9 Å². The molecule has 2 heterocycles. The van der Waals surface area contributed by atoms with Crippen LogP contribution in [-0.4, -0.2) is 71.4 Å². The molecule has 1 saturated carbocycles. The summed E-state index contributed by atoms with van der Waals surface area (Å²) in [6, 6.07) is 8.38. The molecule has 1 aliphatic carbocycles. The molecule has 1 amide bonds. The minimum absolute atomic E-state index is 0.0411. The van der Waals surface area contributed by atoms with Gasteiger partial charge in [-0.1, -0.05) is 18.2 Å². The van der Waals surface area contributed by atoms with Crippen LogP contribution in [0.15, 0.2) is 24.3 Å². The van der Waals surface area contributed by atoms with Crippen LogP contribution in [0, 0.1) is 0 Å². The zero-order valence-corrected chi connectivity index (χ0v) is 18.5. The van der Waals surface area contributed by atoms with Gasteiger partial charge in [0, 0.05) is 32.9 Å². The maximum atomic E-state index is 12.7. The predicted octanol–water partition coefficient (Wildman–Crippen LogP) is 1.95. The molecule has 1 N–H and O–H groups in total. The van der Waals surface area contributed by atoms with E-state index in [0.717, 1.165) is 37.6 Å². The van der Waals surface area contributed by atoms with E-state index in [1.165, 1.54) is 5.56 Å². The van der Waals surface area contributed by atoms with Gasteiger partial charge in [-0.25, -0.2) is 13.1 Å². The van der Waals surface area contributed by atoms with Crippen LogP contribution in [0.2, 0.25) is 0 Å². The Labute approximate surface area is 174 Å². The SMILES string of the molecule is CN1CCC(CNS(C)(=O)=O)O[C@H]2CC[C@H](CC2)c2ccccc2N(C)CC1=O. The highest BCUT2D eigenvalue weighted by Gasteiger charge is 2.28. The molecule has 4 rings (SSSR count). The first-order chi connectivity index (χ1) is 13.7. The molecule has 3 aliphatic rings. The van der Waals surface area contributed by atoms with E-state index < -0.39 is 10.0 Å². The second kappa shape index (κ2) is 9.45. The Hall–Kier alpha value is -1.64. The number of hydrogen-bond donors (Lipinski definition) is 1. The van der Waals surface area contributed by atoms with Crippen LogP contribution in [0.3, 0.4) is 0 Å². The number of sulfonamides is 1. The summed E-state index contributed by atoms with van der Waals surface area (Å²) in [5.74, 6) is 0.496. The lowest BCUT2D eigenvalue weighted by molar-refractivity contribution is -0.129. The van der Waals surface area contributed by atoms with E-state index in [-0.39, 0.29) is 24.7 Å². The third-order valence-corrected chi connectivity index (χ3v) is 6.70. The number of anilines is 1. The second-order valence-electron chi connectivity index (χ2n) is 8.37. The molecule has 1 unspecified atom stereocenters. The Balaban J connectivity index is 1.81. The maximum Gasteiger partial charge on any atom is 0.241 e. The third kappa shape index (κ3) is 6.17. The summed E-state index contributed by atoms with van der Waals surface area (Å²) in [6.07, 6.45) is 5.65. The molecule has 1 atom stereocenters. The van der Waals surface area contributed by atoms with E-state index in [1.54, 1.807) is 11.9 Å². The van der Waals surface area contributed by atoms with Gasteiger partial charge in [0.2, 0.25) is 15.9 Å². The van der Waals surface area contributed by atoms with Gasteiger partial charge in [0.05, 0.1) is 25.0 Å². The molecule has 0 saturated heterocycles. The van der Waals surface area contributed by atoms with E-state index in [0.29, 0.717) is 25.4 Å². The quantitative estimate of drug-likeness (QED) is 0.804. The summed E-state index contributed by atoms with van der Waals surface area (Å²) in [5, 5.41) is 0. The standard InChI is InChI=1S/C21H33N3O4S/c1-23-13-12-18(14-22-29(3,26)27)28-17-10-8-16(9-11-17)19-6-4-5-7-20(19)24(2)15-21(23)25/h4-7,16-18,22H,8-15H2,1-3H3/t16-,17+,18?. The molecule has 0 radical (unpaired) electrons. The van der Waals surface area contributed by atoms with E-state index in [4.69, 9.17) is 4.74 Å². The lowest BCUT2D eigenvalue weighted by Gasteiger charge is -2.35. The van der Waals surface area contributed by atoms with E-state index in [2.05, 4.69) is 22.9 Å². The number of ether oxygens (including phenoxy) is 1. The van der Waals surface area contributed by atoms with Gasteiger partial charge in [-0.3, -0.25) is 4.79 Å². The summed E-state index contributed by atoms with van der Waals surface area (Å²) in [6.45, 7) is 1.08. The average molecular weight is 424 g/mol. The minimum Gasteiger partial charge on any atom is -0.374 e. The summed E-state index contributed by atoms with van der Waals surface area (Å²) >= 11 is 0. The van der Waals surface area contributed by atoms with Crippen molar-refractivity contribution in [1.29, 1.82) is 0 Å². The molecule has 162 valence electrons. The van der Waals surface area contributed by atoms with Crippen molar-refractivity contribution in [2.24, 2.45) is 0 Å². The molecule has 0 aromatic heterocycles. The zero-order chi connectivity index (χ0) is 21.0. The van der Waals surface area contributed by atoms with Crippen molar-refractivity contribution in [3.05, 3.63) is 29.8 Å². The monoisotopic (exact) mass is 423 g/mol. The first kappa shape index (κ1) is 22.1. The lowest BCUT2D eigenvalue weighted by Crippen LogP contribution is -2.42. The van der Waals surface area contributed by atoms with Gasteiger partial charge in [0.25, 0.3) is 0 Å². The molecule has 2 bridgehead atoms. The molecule has 8 heteroatoms. The van der Waals surface area contributed by atoms with Gasteiger partial charge < -0.3 is 14.5 Å². The Bertz CT molecular complexity index is 806. The van der Waals surface area contributed by atoms with Crippen LogP contribution in [0.1, 0.15) is 43.6 Å². The van der Waals surface area contributed by atoms with Crippen LogP contribution in [0.5, 0.6) is 0 Å². The molecule has 1 aromatic carbocycles. The highest BCUT2D eigenvalue weighted by Crippen LogP contribution is 2.38. The molecule has 7 nitrogen and oxygen atoms in total. The fourth-order valence-electron chi connectivity index (χ4n) is 4.30. The molecule has 2 aliphatic heterocycles. The number of amides is 1. The van der Waals surface area contributed by atoms with Crippen LogP contribution in [0.4, 0.5) is 5.69 Å². The average Bonchev–Trinajstić information content (AvgIpc) is 2.69. The second-order valence-corrected chi connectivity index (χ2v) is 10.2. The largest absolute Gasteiger partial charge is 0.374 e. The summed E-state index contributed by atoms with van der Waals surface area (Å²) in [4.78, 5) is 16.5. The number of nitrogens with one attached hydrogen (secondary N) is 1. The number of likely N-dealkylation sites (N-methyl/N-ethyl adjacent to an activating group) is 2. The number of carbonyl (C=O) groups is 1. The number of fused-ring (bicyclic) bond motifs is 9. The Morgan fingerprint density at radius 2 is 1.76 bits per heavy atom. The summed E-state index contributed by atoms with van der Waals surface area (Å²) in [5.41, 5.74) is 2.43. The van der Waals surface area contributed by atoms with Crippen molar-refractivity contribution in [2.45, 2.75) is 50.2 Å². The summed E-state index contributed by atoms with van der Waals surface area (Å²) < 4.78 is 31.9. The predicted molar refractivity (Wildman–Crippen MR) is 115 cm³/mol. The highest BCUT2D eigenvalue weighted by molar-refractivity contribution is 7.88. The van der Waals surface area contributed by atoms with Crippen LogP contribution in [-0.2, 0) is 19.6 Å². The van der Waals surface area contributed by atoms with Crippen molar-refractivity contribution in [3.63, 3.8) is 0 Å². The molecular weight excluding hydrogens is 390 g/mol. The Morgan fingerprint density at radius 3 is 2.45 bits per heavy atom. The fourth-order valence-corrected chi connectivity index (χ4v) is 4.78. The normalized spacial score (nSPS) is 26.9. The number of benzene rings is 1. The first-order valence-electron chi connectivity index (χ1n) is 10.4. The number of nitrogens with zero attached hydrogens (tertiary/aromatic N) is 2. The molecule has 1 fully saturated rings. The minimum atomic E-state index is -3.28. The lowest BCUT2D eigenvalue weighted by atomic mass is 9.81. The third-order valence-electron chi connectivity index (χ3n) is 6.00. The maximum absolute atomic E-state index is 12.7. The van der Waals surface area contributed by atoms with Crippen molar-refractivity contribution in [3.8, 4) is 0 Å².